The molecule has 12 heavy (non-hydrogen) atoms. The molecule has 1 saturated carbocycles. The van der Waals surface area contributed by atoms with Crippen LogP contribution in [0.3, 0.4) is 0 Å². The summed E-state index contributed by atoms with van der Waals surface area (Å²) in [5, 5.41) is 12.7. The third kappa shape index (κ3) is 1.79. The molecular formula is C9H18N2O. The van der Waals surface area contributed by atoms with Crippen LogP contribution in [0.25, 0.3) is 0 Å². The van der Waals surface area contributed by atoms with Crippen LogP contribution in [0, 0.1) is 0 Å². The zero-order valence-corrected chi connectivity index (χ0v) is 7.66. The van der Waals surface area contributed by atoms with Gasteiger partial charge in [0.1, 0.15) is 0 Å². The Morgan fingerprint density at radius 3 is 2.58 bits per heavy atom. The first-order chi connectivity index (χ1) is 5.74. The topological polar surface area (TPSA) is 35.5 Å². The third-order valence-corrected chi connectivity index (χ3v) is 2.98. The molecule has 0 aromatic heterocycles. The first-order valence-electron chi connectivity index (χ1n) is 4.86. The Labute approximate surface area is 73.8 Å². The van der Waals surface area contributed by atoms with E-state index in [0.717, 1.165) is 12.8 Å². The van der Waals surface area contributed by atoms with Crippen LogP contribution in [0.1, 0.15) is 19.3 Å². The first-order valence-corrected chi connectivity index (χ1v) is 4.86. The molecule has 2 rings (SSSR count). The molecule has 2 aliphatic rings. The van der Waals surface area contributed by atoms with Crippen LogP contribution < -0.4 is 5.32 Å². The van der Waals surface area contributed by atoms with E-state index >= 15 is 0 Å². The molecule has 2 fully saturated rings. The molecule has 1 aliphatic carbocycles. The van der Waals surface area contributed by atoms with Crippen LogP contribution in [-0.2, 0) is 0 Å². The SMILES string of the molecule is CN1CCC(NC2CC(O)C2)C1. The lowest BCUT2D eigenvalue weighted by atomic mass is 9.89. The molecule has 1 saturated heterocycles. The Morgan fingerprint density at radius 1 is 1.33 bits per heavy atom. The van der Waals surface area contributed by atoms with Gasteiger partial charge >= 0.3 is 0 Å². The molecule has 2 N–H and O–H groups in total. The number of likely N-dealkylation sites (tertiary alicyclic amines) is 1. The lowest BCUT2D eigenvalue weighted by Crippen LogP contribution is -2.49. The maximum atomic E-state index is 9.09. The Kier molecular flexibility index (Phi) is 2.35. The quantitative estimate of drug-likeness (QED) is 0.602. The van der Waals surface area contributed by atoms with Gasteiger partial charge in [0, 0.05) is 18.6 Å². The maximum absolute atomic E-state index is 9.09. The van der Waals surface area contributed by atoms with E-state index in [2.05, 4.69) is 17.3 Å². The van der Waals surface area contributed by atoms with Gasteiger partial charge in [-0.2, -0.15) is 0 Å². The van der Waals surface area contributed by atoms with E-state index in [4.69, 9.17) is 5.11 Å². The van der Waals surface area contributed by atoms with Gasteiger partial charge in [0.2, 0.25) is 0 Å². The van der Waals surface area contributed by atoms with Crippen molar-refractivity contribution in [1.29, 1.82) is 0 Å². The maximum Gasteiger partial charge on any atom is 0.0570 e. The van der Waals surface area contributed by atoms with Crippen molar-refractivity contribution < 1.29 is 5.11 Å². The van der Waals surface area contributed by atoms with Crippen LogP contribution >= 0.6 is 0 Å². The Balaban J connectivity index is 1.67. The van der Waals surface area contributed by atoms with Crippen molar-refractivity contribution in [2.24, 2.45) is 0 Å². The molecule has 1 heterocycles. The predicted molar refractivity (Wildman–Crippen MR) is 48.1 cm³/mol. The number of hydrogen-bond donors (Lipinski definition) is 2. The van der Waals surface area contributed by atoms with Gasteiger partial charge in [-0.25, -0.2) is 0 Å². The molecule has 0 aromatic carbocycles. The summed E-state index contributed by atoms with van der Waals surface area (Å²) in [4.78, 5) is 2.35. The van der Waals surface area contributed by atoms with Crippen molar-refractivity contribution in [3.63, 3.8) is 0 Å². The highest BCUT2D eigenvalue weighted by molar-refractivity contribution is 4.89. The van der Waals surface area contributed by atoms with E-state index < -0.39 is 0 Å². The third-order valence-electron chi connectivity index (χ3n) is 2.98. The highest BCUT2D eigenvalue weighted by Gasteiger charge is 2.30. The summed E-state index contributed by atoms with van der Waals surface area (Å²) in [5.74, 6) is 0. The molecular weight excluding hydrogens is 152 g/mol. The summed E-state index contributed by atoms with van der Waals surface area (Å²) in [6.07, 6.45) is 3.16. The van der Waals surface area contributed by atoms with Gasteiger partial charge in [0.05, 0.1) is 6.10 Å². The summed E-state index contributed by atoms with van der Waals surface area (Å²) in [7, 11) is 2.16. The molecule has 1 unspecified atom stereocenters. The fourth-order valence-corrected chi connectivity index (χ4v) is 2.13. The lowest BCUT2D eigenvalue weighted by Gasteiger charge is -2.34. The highest BCUT2D eigenvalue weighted by Crippen LogP contribution is 2.21. The van der Waals surface area contributed by atoms with Gasteiger partial charge < -0.3 is 15.3 Å². The summed E-state index contributed by atoms with van der Waals surface area (Å²) in [5.41, 5.74) is 0. The molecule has 1 aliphatic heterocycles. The van der Waals surface area contributed by atoms with Crippen molar-refractivity contribution in [1.82, 2.24) is 10.2 Å². The van der Waals surface area contributed by atoms with Gasteiger partial charge in [0.15, 0.2) is 0 Å². The van der Waals surface area contributed by atoms with Gasteiger partial charge in [-0.15, -0.1) is 0 Å². The van der Waals surface area contributed by atoms with Gasteiger partial charge in [-0.1, -0.05) is 0 Å². The van der Waals surface area contributed by atoms with Crippen LogP contribution in [0.4, 0.5) is 0 Å². The minimum atomic E-state index is -0.0263. The molecule has 70 valence electrons. The fourth-order valence-electron chi connectivity index (χ4n) is 2.13. The number of likely N-dealkylation sites (N-methyl/N-ethyl adjacent to an activating group) is 1. The number of nitrogens with one attached hydrogen (secondary N) is 1. The lowest BCUT2D eigenvalue weighted by molar-refractivity contribution is 0.0582. The second kappa shape index (κ2) is 3.32. The predicted octanol–water partition coefficient (Wildman–Crippen LogP) is -0.197. The van der Waals surface area contributed by atoms with Crippen molar-refractivity contribution in [3.8, 4) is 0 Å². The second-order valence-electron chi connectivity index (χ2n) is 4.24. The first kappa shape index (κ1) is 8.48. The van der Waals surface area contributed by atoms with E-state index in [-0.39, 0.29) is 6.10 Å². The summed E-state index contributed by atoms with van der Waals surface area (Å²) in [6, 6.07) is 1.27. The van der Waals surface area contributed by atoms with Crippen LogP contribution in [-0.4, -0.2) is 48.3 Å². The molecule has 0 bridgehead atoms. The molecule has 0 radical (unpaired) electrons. The van der Waals surface area contributed by atoms with Crippen molar-refractivity contribution in [2.75, 3.05) is 20.1 Å². The zero-order chi connectivity index (χ0) is 8.55. The minimum Gasteiger partial charge on any atom is -0.393 e. The van der Waals surface area contributed by atoms with E-state index in [9.17, 15) is 0 Å². The Bertz CT molecular complexity index is 157. The Morgan fingerprint density at radius 2 is 2.08 bits per heavy atom. The van der Waals surface area contributed by atoms with Crippen LogP contribution in [0.15, 0.2) is 0 Å². The fraction of sp³-hybridized carbons (Fsp3) is 1.00. The molecule has 0 amide bonds. The summed E-state index contributed by atoms with van der Waals surface area (Å²) in [6.45, 7) is 2.39. The highest BCUT2D eigenvalue weighted by atomic mass is 16.3. The Hall–Kier alpha value is -0.120. The number of hydrogen-bond acceptors (Lipinski definition) is 3. The zero-order valence-electron chi connectivity index (χ0n) is 7.66. The van der Waals surface area contributed by atoms with E-state index in [1.165, 1.54) is 19.5 Å². The number of rotatable bonds is 2. The molecule has 0 aromatic rings. The smallest absolute Gasteiger partial charge is 0.0570 e. The number of aliphatic hydroxyl groups excluding tert-OH is 1. The van der Waals surface area contributed by atoms with Crippen LogP contribution in [0.2, 0.25) is 0 Å². The summed E-state index contributed by atoms with van der Waals surface area (Å²) < 4.78 is 0. The van der Waals surface area contributed by atoms with E-state index in [1.807, 2.05) is 0 Å². The van der Waals surface area contributed by atoms with Crippen molar-refractivity contribution in [3.05, 3.63) is 0 Å². The molecule has 3 nitrogen and oxygen atoms in total. The average molecular weight is 170 g/mol. The number of nitrogens with zero attached hydrogens (tertiary/aromatic N) is 1. The van der Waals surface area contributed by atoms with Gasteiger partial charge in [0.25, 0.3) is 0 Å². The molecule has 1 atom stereocenters. The van der Waals surface area contributed by atoms with Crippen molar-refractivity contribution in [2.45, 2.75) is 37.5 Å². The minimum absolute atomic E-state index is 0.0263. The average Bonchev–Trinajstić information content (AvgIpc) is 2.33. The monoisotopic (exact) mass is 170 g/mol. The van der Waals surface area contributed by atoms with Crippen molar-refractivity contribution >= 4 is 0 Å². The standard InChI is InChI=1S/C9H18N2O/c1-11-3-2-7(6-11)10-8-4-9(12)5-8/h7-10,12H,2-6H2,1H3. The van der Waals surface area contributed by atoms with E-state index in [1.54, 1.807) is 0 Å². The normalized spacial score (nSPS) is 43.0. The number of aliphatic hydroxyl groups is 1. The molecule has 3 heteroatoms. The van der Waals surface area contributed by atoms with Gasteiger partial charge in [-0.3, -0.25) is 0 Å². The second-order valence-corrected chi connectivity index (χ2v) is 4.24. The van der Waals surface area contributed by atoms with Gasteiger partial charge in [-0.05, 0) is 32.9 Å². The molecule has 0 spiro atoms. The summed E-state index contributed by atoms with van der Waals surface area (Å²) >= 11 is 0. The van der Waals surface area contributed by atoms with Crippen LogP contribution in [0.5, 0.6) is 0 Å². The van der Waals surface area contributed by atoms with E-state index in [0.29, 0.717) is 12.1 Å². The largest absolute Gasteiger partial charge is 0.393 e.